The highest BCUT2D eigenvalue weighted by molar-refractivity contribution is 7.80. The smallest absolute Gasteiger partial charge is 0.171 e. The van der Waals surface area contributed by atoms with Crippen LogP contribution in [-0.2, 0) is 0 Å². The first-order valence-electron chi connectivity index (χ1n) is 6.48. The lowest BCUT2D eigenvalue weighted by Crippen LogP contribution is -2.43. The minimum atomic E-state index is -0.256. The molecule has 0 amide bonds. The van der Waals surface area contributed by atoms with Gasteiger partial charge in [0.1, 0.15) is 5.82 Å². The van der Waals surface area contributed by atoms with E-state index in [0.717, 1.165) is 6.42 Å². The molecule has 1 fully saturated rings. The van der Waals surface area contributed by atoms with E-state index in [1.807, 2.05) is 0 Å². The first kappa shape index (κ1) is 13.3. The molecule has 0 radical (unpaired) electrons. The fourth-order valence-electron chi connectivity index (χ4n) is 2.43. The van der Waals surface area contributed by atoms with Crippen LogP contribution in [0.3, 0.4) is 0 Å². The van der Waals surface area contributed by atoms with Gasteiger partial charge in [0, 0.05) is 11.7 Å². The van der Waals surface area contributed by atoms with Gasteiger partial charge in [0.15, 0.2) is 5.11 Å². The molecule has 0 aromatic heterocycles. The Bertz CT molecular complexity index is 422. The summed E-state index contributed by atoms with van der Waals surface area (Å²) in [5, 5.41) is 6.95. The average molecular weight is 266 g/mol. The second-order valence-corrected chi connectivity index (χ2v) is 5.39. The Balaban J connectivity index is 1.88. The van der Waals surface area contributed by atoms with Crippen LogP contribution in [0, 0.1) is 11.7 Å². The van der Waals surface area contributed by atoms with Gasteiger partial charge in [-0.05, 0) is 49.2 Å². The van der Waals surface area contributed by atoms with Crippen molar-refractivity contribution in [2.24, 2.45) is 5.92 Å². The van der Waals surface area contributed by atoms with Gasteiger partial charge in [-0.3, -0.25) is 0 Å². The highest BCUT2D eigenvalue weighted by Gasteiger charge is 2.21. The van der Waals surface area contributed by atoms with E-state index in [0.29, 0.717) is 22.8 Å². The largest absolute Gasteiger partial charge is 0.359 e. The van der Waals surface area contributed by atoms with E-state index in [1.54, 1.807) is 12.1 Å². The summed E-state index contributed by atoms with van der Waals surface area (Å²) in [6.45, 7) is 2.25. The van der Waals surface area contributed by atoms with E-state index in [1.165, 1.54) is 31.4 Å². The van der Waals surface area contributed by atoms with Crippen LogP contribution < -0.4 is 10.6 Å². The molecule has 0 aliphatic heterocycles. The standard InChI is InChI=1S/C14H19FN2S/c1-10-5-2-3-8-13(10)17-14(18)16-12-7-4-6-11(15)9-12/h4,6-7,9-10,13H,2-3,5,8H2,1H3,(H2,16,17,18)/t10-,13+/m1/s1. The quantitative estimate of drug-likeness (QED) is 0.798. The summed E-state index contributed by atoms with van der Waals surface area (Å²) in [6, 6.07) is 6.78. The maximum Gasteiger partial charge on any atom is 0.171 e. The monoisotopic (exact) mass is 266 g/mol. The van der Waals surface area contributed by atoms with Gasteiger partial charge in [-0.15, -0.1) is 0 Å². The molecule has 0 unspecified atom stereocenters. The third kappa shape index (κ3) is 3.67. The Morgan fingerprint density at radius 1 is 1.33 bits per heavy atom. The van der Waals surface area contributed by atoms with Crippen molar-refractivity contribution in [3.8, 4) is 0 Å². The Kier molecular flexibility index (Phi) is 4.53. The van der Waals surface area contributed by atoms with Crippen LogP contribution in [0.15, 0.2) is 24.3 Å². The summed E-state index contributed by atoms with van der Waals surface area (Å²) in [4.78, 5) is 0. The molecule has 1 saturated carbocycles. The summed E-state index contributed by atoms with van der Waals surface area (Å²) in [6.07, 6.45) is 4.97. The lowest BCUT2D eigenvalue weighted by atomic mass is 9.86. The van der Waals surface area contributed by atoms with Gasteiger partial charge in [0.05, 0.1) is 0 Å². The van der Waals surface area contributed by atoms with Crippen LogP contribution in [0.5, 0.6) is 0 Å². The van der Waals surface area contributed by atoms with Gasteiger partial charge in [0.2, 0.25) is 0 Å². The first-order chi connectivity index (χ1) is 8.65. The van der Waals surface area contributed by atoms with Crippen LogP contribution in [0.2, 0.25) is 0 Å². The molecule has 2 atom stereocenters. The summed E-state index contributed by atoms with van der Waals surface area (Å²) in [7, 11) is 0. The van der Waals surface area contributed by atoms with Crippen molar-refractivity contribution in [2.45, 2.75) is 38.6 Å². The van der Waals surface area contributed by atoms with E-state index < -0.39 is 0 Å². The van der Waals surface area contributed by atoms with Crippen LogP contribution in [0.4, 0.5) is 10.1 Å². The maximum atomic E-state index is 13.0. The molecule has 98 valence electrons. The number of anilines is 1. The lowest BCUT2D eigenvalue weighted by molar-refractivity contribution is 0.309. The third-order valence-corrected chi connectivity index (χ3v) is 3.73. The number of benzene rings is 1. The second kappa shape index (κ2) is 6.14. The summed E-state index contributed by atoms with van der Waals surface area (Å²) in [5.41, 5.74) is 0.691. The van der Waals surface area contributed by atoms with Gasteiger partial charge in [-0.1, -0.05) is 25.8 Å². The van der Waals surface area contributed by atoms with E-state index in [9.17, 15) is 4.39 Å². The van der Waals surface area contributed by atoms with Gasteiger partial charge >= 0.3 is 0 Å². The molecule has 1 aliphatic rings. The molecule has 1 aromatic carbocycles. The number of halogens is 1. The number of hydrogen-bond acceptors (Lipinski definition) is 1. The molecule has 2 nitrogen and oxygen atoms in total. The first-order valence-corrected chi connectivity index (χ1v) is 6.89. The molecule has 0 bridgehead atoms. The third-order valence-electron chi connectivity index (χ3n) is 3.51. The zero-order valence-electron chi connectivity index (χ0n) is 10.6. The molecule has 1 aromatic rings. The summed E-state index contributed by atoms with van der Waals surface area (Å²) < 4.78 is 13.0. The fourth-order valence-corrected chi connectivity index (χ4v) is 2.70. The van der Waals surface area contributed by atoms with Gasteiger partial charge in [-0.2, -0.15) is 0 Å². The predicted octanol–water partition coefficient (Wildman–Crippen LogP) is 3.69. The van der Waals surface area contributed by atoms with Crippen LogP contribution in [0.1, 0.15) is 32.6 Å². The van der Waals surface area contributed by atoms with Crippen molar-refractivity contribution in [3.05, 3.63) is 30.1 Å². The zero-order chi connectivity index (χ0) is 13.0. The van der Waals surface area contributed by atoms with Crippen LogP contribution in [0.25, 0.3) is 0 Å². The molecule has 1 aliphatic carbocycles. The zero-order valence-corrected chi connectivity index (χ0v) is 11.4. The minimum absolute atomic E-state index is 0.256. The highest BCUT2D eigenvalue weighted by Crippen LogP contribution is 2.23. The van der Waals surface area contributed by atoms with E-state index in [4.69, 9.17) is 12.2 Å². The maximum absolute atomic E-state index is 13.0. The molecular formula is C14H19FN2S. The van der Waals surface area contributed by atoms with Crippen molar-refractivity contribution in [1.29, 1.82) is 0 Å². The van der Waals surface area contributed by atoms with Crippen LogP contribution >= 0.6 is 12.2 Å². The number of thiocarbonyl (C=S) groups is 1. The van der Waals surface area contributed by atoms with E-state index >= 15 is 0 Å². The Hall–Kier alpha value is -1.16. The Labute approximate surface area is 113 Å². The van der Waals surface area contributed by atoms with Crippen molar-refractivity contribution in [2.75, 3.05) is 5.32 Å². The number of hydrogen-bond donors (Lipinski definition) is 2. The minimum Gasteiger partial charge on any atom is -0.359 e. The van der Waals surface area contributed by atoms with E-state index in [2.05, 4.69) is 17.6 Å². The number of nitrogens with one attached hydrogen (secondary N) is 2. The fraction of sp³-hybridized carbons (Fsp3) is 0.500. The van der Waals surface area contributed by atoms with Crippen LogP contribution in [-0.4, -0.2) is 11.2 Å². The Morgan fingerprint density at radius 2 is 2.11 bits per heavy atom. The molecule has 18 heavy (non-hydrogen) atoms. The van der Waals surface area contributed by atoms with Gasteiger partial charge in [-0.25, -0.2) is 4.39 Å². The predicted molar refractivity (Wildman–Crippen MR) is 77.2 cm³/mol. The van der Waals surface area contributed by atoms with Gasteiger partial charge in [0.25, 0.3) is 0 Å². The molecule has 0 spiro atoms. The molecule has 0 heterocycles. The topological polar surface area (TPSA) is 24.1 Å². The summed E-state index contributed by atoms with van der Waals surface area (Å²) in [5.74, 6) is 0.389. The van der Waals surface area contributed by atoms with Gasteiger partial charge < -0.3 is 10.6 Å². The van der Waals surface area contributed by atoms with Crippen molar-refractivity contribution in [1.82, 2.24) is 5.32 Å². The van der Waals surface area contributed by atoms with Crippen molar-refractivity contribution < 1.29 is 4.39 Å². The summed E-state index contributed by atoms with van der Waals surface area (Å²) >= 11 is 5.27. The molecule has 0 saturated heterocycles. The number of rotatable bonds is 2. The second-order valence-electron chi connectivity index (χ2n) is 4.98. The molecular weight excluding hydrogens is 247 g/mol. The average Bonchev–Trinajstić information content (AvgIpc) is 2.32. The highest BCUT2D eigenvalue weighted by atomic mass is 32.1. The van der Waals surface area contributed by atoms with E-state index in [-0.39, 0.29) is 5.82 Å². The van der Waals surface area contributed by atoms with Crippen molar-refractivity contribution >= 4 is 23.0 Å². The normalized spacial score (nSPS) is 23.4. The molecule has 2 rings (SSSR count). The van der Waals surface area contributed by atoms with Crippen molar-refractivity contribution in [3.63, 3.8) is 0 Å². The SMILES string of the molecule is C[C@@H]1CCCC[C@@H]1NC(=S)Nc1cccc(F)c1. The Morgan fingerprint density at radius 3 is 2.83 bits per heavy atom. The molecule has 4 heteroatoms. The molecule has 2 N–H and O–H groups in total. The lowest BCUT2D eigenvalue weighted by Gasteiger charge is -2.30.